The maximum absolute atomic E-state index is 10.6. The van der Waals surface area contributed by atoms with Crippen molar-refractivity contribution < 1.29 is 9.90 Å². The minimum Gasteiger partial charge on any atom is -0.393 e. The van der Waals surface area contributed by atoms with Crippen molar-refractivity contribution in [1.82, 2.24) is 0 Å². The number of hydrogen-bond donors (Lipinski definition) is 2. The standard InChI is InChI=1S/C18H37NO2.H4Si/c1-2-3-4-11-14-17(20)15-12-9-7-5-6-8-10-13-16-18(19)21;/h17,20H,2-16H2,1H3,(H2,19,21);1H4. The van der Waals surface area contributed by atoms with Gasteiger partial charge in [0.15, 0.2) is 0 Å². The third-order valence-corrected chi connectivity index (χ3v) is 4.10. The van der Waals surface area contributed by atoms with Crippen molar-refractivity contribution in [2.45, 2.75) is 109 Å². The molecule has 3 nitrogen and oxygen atoms in total. The molecule has 0 fully saturated rings. The smallest absolute Gasteiger partial charge is 0.217 e. The van der Waals surface area contributed by atoms with Crippen LogP contribution < -0.4 is 5.73 Å². The predicted octanol–water partition coefficient (Wildman–Crippen LogP) is 3.25. The lowest BCUT2D eigenvalue weighted by Crippen LogP contribution is -2.09. The van der Waals surface area contributed by atoms with Gasteiger partial charge in [0.05, 0.1) is 6.10 Å². The highest BCUT2D eigenvalue weighted by Gasteiger charge is 2.03. The van der Waals surface area contributed by atoms with Gasteiger partial charge in [0.2, 0.25) is 5.91 Å². The van der Waals surface area contributed by atoms with Crippen LogP contribution in [0.25, 0.3) is 0 Å². The van der Waals surface area contributed by atoms with Crippen LogP contribution in [0.15, 0.2) is 0 Å². The van der Waals surface area contributed by atoms with Crippen LogP contribution in [0.3, 0.4) is 0 Å². The Balaban J connectivity index is 0. The normalized spacial score (nSPS) is 11.9. The molecule has 1 unspecified atom stereocenters. The molecular weight excluding hydrogens is 290 g/mol. The molecule has 4 heteroatoms. The molecule has 0 spiro atoms. The predicted molar refractivity (Wildman–Crippen MR) is 101 cm³/mol. The van der Waals surface area contributed by atoms with Crippen LogP contribution in [0, 0.1) is 0 Å². The number of nitrogens with two attached hydrogens (primary N) is 1. The fraction of sp³-hybridized carbons (Fsp3) is 0.944. The van der Waals surface area contributed by atoms with Crippen molar-refractivity contribution in [3.63, 3.8) is 0 Å². The first kappa shape index (κ1) is 23.9. The van der Waals surface area contributed by atoms with Crippen LogP contribution in [0.2, 0.25) is 0 Å². The molecule has 0 radical (unpaired) electrons. The maximum Gasteiger partial charge on any atom is 0.217 e. The summed E-state index contributed by atoms with van der Waals surface area (Å²) in [5.41, 5.74) is 5.10. The summed E-state index contributed by atoms with van der Waals surface area (Å²) in [6, 6.07) is 0. The highest BCUT2D eigenvalue weighted by molar-refractivity contribution is 5.75. The average Bonchev–Trinajstić information content (AvgIpc) is 2.45. The van der Waals surface area contributed by atoms with E-state index >= 15 is 0 Å². The molecule has 0 aromatic rings. The number of aliphatic hydroxyl groups excluding tert-OH is 1. The quantitative estimate of drug-likeness (QED) is 0.337. The molecule has 0 aromatic carbocycles. The summed E-state index contributed by atoms with van der Waals surface area (Å²) >= 11 is 0. The highest BCUT2D eigenvalue weighted by atomic mass is 28.1. The van der Waals surface area contributed by atoms with Crippen LogP contribution in [-0.2, 0) is 4.79 Å². The lowest BCUT2D eigenvalue weighted by Gasteiger charge is -2.10. The Morgan fingerprint density at radius 3 is 1.68 bits per heavy atom. The number of amides is 1. The second kappa shape index (κ2) is 18.7. The highest BCUT2D eigenvalue weighted by Crippen LogP contribution is 2.14. The molecule has 0 aromatic heterocycles. The minimum atomic E-state index is -0.178. The van der Waals surface area contributed by atoms with Gasteiger partial charge in [0.1, 0.15) is 0 Å². The summed E-state index contributed by atoms with van der Waals surface area (Å²) in [4.78, 5) is 10.6. The first-order valence-electron chi connectivity index (χ1n) is 9.13. The molecule has 0 bridgehead atoms. The number of rotatable bonds is 16. The zero-order valence-electron chi connectivity index (χ0n) is 14.1. The van der Waals surface area contributed by atoms with Gasteiger partial charge in [-0.3, -0.25) is 4.79 Å². The van der Waals surface area contributed by atoms with Crippen LogP contribution in [0.1, 0.15) is 103 Å². The Labute approximate surface area is 142 Å². The molecule has 22 heavy (non-hydrogen) atoms. The van der Waals surface area contributed by atoms with Gasteiger partial charge >= 0.3 is 0 Å². The van der Waals surface area contributed by atoms with Crippen LogP contribution in [0.5, 0.6) is 0 Å². The number of unbranched alkanes of at least 4 members (excludes halogenated alkanes) is 10. The van der Waals surface area contributed by atoms with E-state index in [-0.39, 0.29) is 23.0 Å². The summed E-state index contributed by atoms with van der Waals surface area (Å²) in [5, 5.41) is 9.86. The zero-order chi connectivity index (χ0) is 15.8. The number of carbonyl (C=O) groups is 1. The minimum absolute atomic E-state index is 0. The monoisotopic (exact) mass is 331 g/mol. The van der Waals surface area contributed by atoms with E-state index in [1.165, 1.54) is 57.8 Å². The SMILES string of the molecule is CCCCCCC(O)CCCCCCCCCCC(N)=O.[SiH4]. The van der Waals surface area contributed by atoms with E-state index in [4.69, 9.17) is 5.73 Å². The van der Waals surface area contributed by atoms with E-state index in [1.807, 2.05) is 0 Å². The van der Waals surface area contributed by atoms with E-state index in [2.05, 4.69) is 6.92 Å². The van der Waals surface area contributed by atoms with E-state index in [0.717, 1.165) is 32.1 Å². The summed E-state index contributed by atoms with van der Waals surface area (Å²) in [6.45, 7) is 2.22. The molecule has 0 heterocycles. The lowest BCUT2D eigenvalue weighted by molar-refractivity contribution is -0.118. The Hall–Kier alpha value is -0.353. The van der Waals surface area contributed by atoms with Gasteiger partial charge in [-0.05, 0) is 30.2 Å². The van der Waals surface area contributed by atoms with Gasteiger partial charge in [-0.25, -0.2) is 0 Å². The van der Waals surface area contributed by atoms with Gasteiger partial charge in [0, 0.05) is 6.42 Å². The van der Waals surface area contributed by atoms with Crippen molar-refractivity contribution in [1.29, 1.82) is 0 Å². The molecule has 1 amide bonds. The third kappa shape index (κ3) is 19.6. The van der Waals surface area contributed by atoms with E-state index in [1.54, 1.807) is 0 Å². The number of aliphatic hydroxyl groups is 1. The molecule has 0 rings (SSSR count). The molecule has 0 aliphatic heterocycles. The zero-order valence-corrected chi connectivity index (χ0v) is 14.1. The second-order valence-corrected chi connectivity index (χ2v) is 6.34. The van der Waals surface area contributed by atoms with Gasteiger partial charge in [-0.1, -0.05) is 77.6 Å². The summed E-state index contributed by atoms with van der Waals surface area (Å²) in [7, 11) is 0. The Morgan fingerprint density at radius 1 is 0.818 bits per heavy atom. The summed E-state index contributed by atoms with van der Waals surface area (Å²) < 4.78 is 0. The maximum atomic E-state index is 10.6. The topological polar surface area (TPSA) is 63.3 Å². The molecule has 0 saturated carbocycles. The molecule has 0 aliphatic rings. The molecule has 0 saturated heterocycles. The average molecular weight is 332 g/mol. The number of carbonyl (C=O) groups excluding carboxylic acids is 1. The van der Waals surface area contributed by atoms with E-state index < -0.39 is 0 Å². The third-order valence-electron chi connectivity index (χ3n) is 4.10. The molecular formula is C18H41NO2Si. The molecule has 134 valence electrons. The first-order valence-corrected chi connectivity index (χ1v) is 9.13. The van der Waals surface area contributed by atoms with E-state index in [9.17, 15) is 9.90 Å². The first-order chi connectivity index (χ1) is 10.2. The summed E-state index contributed by atoms with van der Waals surface area (Å²) in [5.74, 6) is -0.178. The molecule has 0 aliphatic carbocycles. The second-order valence-electron chi connectivity index (χ2n) is 6.34. The lowest BCUT2D eigenvalue weighted by atomic mass is 10.0. The van der Waals surface area contributed by atoms with Crippen molar-refractivity contribution in [3.05, 3.63) is 0 Å². The van der Waals surface area contributed by atoms with Crippen molar-refractivity contribution in [3.8, 4) is 0 Å². The van der Waals surface area contributed by atoms with Crippen molar-refractivity contribution in [2.24, 2.45) is 5.73 Å². The van der Waals surface area contributed by atoms with Gasteiger partial charge in [-0.15, -0.1) is 0 Å². The number of hydrogen-bond acceptors (Lipinski definition) is 2. The number of primary amides is 1. The Bertz CT molecular complexity index is 237. The molecule has 1 atom stereocenters. The van der Waals surface area contributed by atoms with Crippen molar-refractivity contribution in [2.75, 3.05) is 0 Å². The van der Waals surface area contributed by atoms with Gasteiger partial charge < -0.3 is 10.8 Å². The Kier molecular flexibility index (Phi) is 20.3. The van der Waals surface area contributed by atoms with Gasteiger partial charge in [0.25, 0.3) is 0 Å². The van der Waals surface area contributed by atoms with Gasteiger partial charge in [-0.2, -0.15) is 0 Å². The fourth-order valence-electron chi connectivity index (χ4n) is 2.69. The Morgan fingerprint density at radius 2 is 1.23 bits per heavy atom. The van der Waals surface area contributed by atoms with E-state index in [0.29, 0.717) is 6.42 Å². The van der Waals surface area contributed by atoms with Crippen LogP contribution in [0.4, 0.5) is 0 Å². The largest absolute Gasteiger partial charge is 0.393 e. The van der Waals surface area contributed by atoms with Crippen LogP contribution >= 0.6 is 0 Å². The van der Waals surface area contributed by atoms with Crippen LogP contribution in [-0.4, -0.2) is 28.1 Å². The van der Waals surface area contributed by atoms with Crippen molar-refractivity contribution >= 4 is 16.9 Å². The fourth-order valence-corrected chi connectivity index (χ4v) is 2.69. The molecule has 3 N–H and O–H groups in total. The summed E-state index contributed by atoms with van der Waals surface area (Å²) in [6.07, 6.45) is 16.9.